The van der Waals surface area contributed by atoms with Crippen LogP contribution in [0.4, 0.5) is 11.5 Å². The first-order valence-corrected chi connectivity index (χ1v) is 9.11. The van der Waals surface area contributed by atoms with E-state index >= 15 is 0 Å². The van der Waals surface area contributed by atoms with Crippen LogP contribution < -0.4 is 10.2 Å². The summed E-state index contributed by atoms with van der Waals surface area (Å²) in [5.74, 6) is 0.419. The van der Waals surface area contributed by atoms with Gasteiger partial charge in [-0.15, -0.1) is 0 Å². The minimum absolute atomic E-state index is 0.235. The van der Waals surface area contributed by atoms with Gasteiger partial charge < -0.3 is 10.2 Å². The van der Waals surface area contributed by atoms with Crippen LogP contribution in [0.3, 0.4) is 0 Å². The van der Waals surface area contributed by atoms with Crippen LogP contribution in [-0.4, -0.2) is 29.0 Å². The topological polar surface area (TPSA) is 58.1 Å². The lowest BCUT2D eigenvalue weighted by molar-refractivity contribution is 0.102. The zero-order valence-electron chi connectivity index (χ0n) is 15.3. The molecular weight excluding hydrogens is 324 g/mol. The Kier molecular flexibility index (Phi) is 5.79. The molecule has 5 nitrogen and oxygen atoms in total. The minimum atomic E-state index is -0.235. The number of anilines is 2. The average molecular weight is 348 g/mol. The number of nitrogens with zero attached hydrogens (tertiary/aromatic N) is 3. The third-order valence-corrected chi connectivity index (χ3v) is 4.09. The monoisotopic (exact) mass is 348 g/mol. The van der Waals surface area contributed by atoms with Crippen LogP contribution in [0.15, 0.2) is 54.6 Å². The lowest BCUT2D eigenvalue weighted by Gasteiger charge is -2.24. The molecule has 0 atom stereocenters. The number of hydrogen-bond acceptors (Lipinski definition) is 4. The van der Waals surface area contributed by atoms with Crippen LogP contribution in [0.5, 0.6) is 0 Å². The molecule has 3 aromatic rings. The molecule has 1 N–H and O–H groups in total. The Morgan fingerprint density at radius 2 is 1.46 bits per heavy atom. The zero-order valence-corrected chi connectivity index (χ0v) is 15.3. The summed E-state index contributed by atoms with van der Waals surface area (Å²) < 4.78 is 0. The molecule has 1 heterocycles. The highest BCUT2D eigenvalue weighted by atomic mass is 16.1. The first kappa shape index (κ1) is 17.9. The summed E-state index contributed by atoms with van der Waals surface area (Å²) in [6.45, 7) is 5.93. The highest BCUT2D eigenvalue weighted by molar-refractivity contribution is 6.07. The van der Waals surface area contributed by atoms with Crippen molar-refractivity contribution in [1.29, 1.82) is 0 Å². The fourth-order valence-electron chi connectivity index (χ4n) is 2.94. The summed E-state index contributed by atoms with van der Waals surface area (Å²) >= 11 is 0. The van der Waals surface area contributed by atoms with Gasteiger partial charge in [0.15, 0.2) is 11.5 Å². The predicted molar refractivity (Wildman–Crippen MR) is 107 cm³/mol. The number of aromatic nitrogens is 2. The molecule has 3 rings (SSSR count). The summed E-state index contributed by atoms with van der Waals surface area (Å²) in [6.07, 6.45) is 1.96. The van der Waals surface area contributed by atoms with Gasteiger partial charge in [0.1, 0.15) is 0 Å². The highest BCUT2D eigenvalue weighted by Gasteiger charge is 2.21. The maximum absolute atomic E-state index is 13.0. The number of benzene rings is 2. The van der Waals surface area contributed by atoms with Gasteiger partial charge in [0, 0.05) is 18.8 Å². The second-order valence-electron chi connectivity index (χ2n) is 6.19. The molecule has 0 aliphatic carbocycles. The van der Waals surface area contributed by atoms with E-state index in [1.807, 2.05) is 54.6 Å². The molecular formula is C21H24N4O. The van der Waals surface area contributed by atoms with Gasteiger partial charge in [-0.3, -0.25) is 4.79 Å². The van der Waals surface area contributed by atoms with Gasteiger partial charge in [-0.2, -0.15) is 0 Å². The maximum Gasteiger partial charge on any atom is 0.278 e. The Morgan fingerprint density at radius 3 is 2.08 bits per heavy atom. The van der Waals surface area contributed by atoms with Gasteiger partial charge in [0.25, 0.3) is 5.91 Å². The Hall–Kier alpha value is -2.95. The molecule has 2 aromatic carbocycles. The molecule has 0 saturated heterocycles. The molecule has 0 aliphatic rings. The first-order chi connectivity index (χ1) is 12.7. The molecule has 1 aromatic heterocycles. The van der Waals surface area contributed by atoms with Crippen LogP contribution in [0.1, 0.15) is 37.2 Å². The molecule has 1 amide bonds. The summed E-state index contributed by atoms with van der Waals surface area (Å²) in [5, 5.41) is 2.93. The maximum atomic E-state index is 13.0. The summed E-state index contributed by atoms with van der Waals surface area (Å²) in [4.78, 5) is 24.5. The van der Waals surface area contributed by atoms with E-state index in [9.17, 15) is 4.79 Å². The minimum Gasteiger partial charge on any atom is -0.355 e. The largest absolute Gasteiger partial charge is 0.355 e. The second-order valence-corrected chi connectivity index (χ2v) is 6.19. The number of rotatable bonds is 7. The van der Waals surface area contributed by atoms with E-state index in [-0.39, 0.29) is 5.91 Å². The van der Waals surface area contributed by atoms with Crippen molar-refractivity contribution in [2.75, 3.05) is 23.3 Å². The molecule has 0 fully saturated rings. The van der Waals surface area contributed by atoms with Gasteiger partial charge in [-0.05, 0) is 37.1 Å². The number of nitrogens with one attached hydrogen (secondary N) is 1. The van der Waals surface area contributed by atoms with Crippen molar-refractivity contribution in [2.24, 2.45) is 0 Å². The third-order valence-electron chi connectivity index (χ3n) is 4.09. The van der Waals surface area contributed by atoms with Crippen molar-refractivity contribution in [1.82, 2.24) is 9.97 Å². The number of fused-ring (bicyclic) bond motifs is 1. The number of para-hydroxylation sites is 3. The van der Waals surface area contributed by atoms with E-state index in [1.54, 1.807) is 0 Å². The summed E-state index contributed by atoms with van der Waals surface area (Å²) in [5.41, 5.74) is 2.64. The highest BCUT2D eigenvalue weighted by Crippen LogP contribution is 2.22. The van der Waals surface area contributed by atoms with Crippen molar-refractivity contribution < 1.29 is 4.79 Å². The number of amides is 1. The fraction of sp³-hybridized carbons (Fsp3) is 0.286. The van der Waals surface area contributed by atoms with Gasteiger partial charge in [0.05, 0.1) is 11.0 Å². The van der Waals surface area contributed by atoms with Crippen LogP contribution in [-0.2, 0) is 0 Å². The molecule has 5 heteroatoms. The normalized spacial score (nSPS) is 10.7. The standard InChI is InChI=1S/C21H24N4O/c1-3-14-25(15-4-2)20-19(21(26)22-16-10-6-5-7-11-16)23-17-12-8-9-13-18(17)24-20/h5-13H,3-4,14-15H2,1-2H3,(H,22,26). The molecule has 0 saturated carbocycles. The van der Waals surface area contributed by atoms with E-state index in [0.717, 1.165) is 42.7 Å². The Labute approximate surface area is 154 Å². The van der Waals surface area contributed by atoms with E-state index in [2.05, 4.69) is 29.0 Å². The quantitative estimate of drug-likeness (QED) is 0.682. The smallest absolute Gasteiger partial charge is 0.278 e. The third kappa shape index (κ3) is 3.99. The van der Waals surface area contributed by atoms with E-state index in [4.69, 9.17) is 4.98 Å². The van der Waals surface area contributed by atoms with Gasteiger partial charge in [-0.1, -0.05) is 44.2 Å². The molecule has 0 aliphatic heterocycles. The van der Waals surface area contributed by atoms with E-state index in [0.29, 0.717) is 11.5 Å². The van der Waals surface area contributed by atoms with Crippen LogP contribution in [0.2, 0.25) is 0 Å². The fourth-order valence-corrected chi connectivity index (χ4v) is 2.94. The molecule has 0 radical (unpaired) electrons. The number of carbonyl (C=O) groups excluding carboxylic acids is 1. The van der Waals surface area contributed by atoms with Crippen LogP contribution in [0, 0.1) is 0 Å². The lowest BCUT2D eigenvalue weighted by Crippen LogP contribution is -2.29. The zero-order chi connectivity index (χ0) is 18.4. The summed E-state index contributed by atoms with van der Waals surface area (Å²) in [7, 11) is 0. The molecule has 134 valence electrons. The van der Waals surface area contributed by atoms with E-state index in [1.165, 1.54) is 0 Å². The van der Waals surface area contributed by atoms with E-state index < -0.39 is 0 Å². The Bertz CT molecular complexity index is 874. The van der Waals surface area contributed by atoms with Crippen molar-refractivity contribution in [3.8, 4) is 0 Å². The van der Waals surface area contributed by atoms with Crippen molar-refractivity contribution >= 4 is 28.4 Å². The Balaban J connectivity index is 2.05. The molecule has 26 heavy (non-hydrogen) atoms. The second kappa shape index (κ2) is 8.43. The SMILES string of the molecule is CCCN(CCC)c1nc2ccccc2nc1C(=O)Nc1ccccc1. The summed E-state index contributed by atoms with van der Waals surface area (Å²) in [6, 6.07) is 17.1. The molecule has 0 bridgehead atoms. The van der Waals surface area contributed by atoms with Gasteiger partial charge in [0.2, 0.25) is 0 Å². The van der Waals surface area contributed by atoms with Gasteiger partial charge in [-0.25, -0.2) is 9.97 Å². The number of hydrogen-bond donors (Lipinski definition) is 1. The van der Waals surface area contributed by atoms with Gasteiger partial charge >= 0.3 is 0 Å². The average Bonchev–Trinajstić information content (AvgIpc) is 2.67. The Morgan fingerprint density at radius 1 is 0.885 bits per heavy atom. The lowest BCUT2D eigenvalue weighted by atomic mass is 10.2. The molecule has 0 spiro atoms. The molecule has 0 unspecified atom stereocenters. The van der Waals surface area contributed by atoms with Crippen molar-refractivity contribution in [2.45, 2.75) is 26.7 Å². The number of carbonyl (C=O) groups is 1. The van der Waals surface area contributed by atoms with Crippen molar-refractivity contribution in [3.05, 3.63) is 60.3 Å². The van der Waals surface area contributed by atoms with Crippen molar-refractivity contribution in [3.63, 3.8) is 0 Å². The van der Waals surface area contributed by atoms with Crippen LogP contribution >= 0.6 is 0 Å². The predicted octanol–water partition coefficient (Wildman–Crippen LogP) is 4.51. The van der Waals surface area contributed by atoms with Crippen LogP contribution in [0.25, 0.3) is 11.0 Å². The first-order valence-electron chi connectivity index (χ1n) is 9.11.